The summed E-state index contributed by atoms with van der Waals surface area (Å²) in [7, 11) is 2.11. The number of nitrogens with zero attached hydrogens (tertiary/aromatic N) is 3. The zero-order chi connectivity index (χ0) is 22.6. The molecular weight excluding hydrogens is 412 g/mol. The highest BCUT2D eigenvalue weighted by Gasteiger charge is 2.20. The van der Waals surface area contributed by atoms with Gasteiger partial charge in [-0.25, -0.2) is 4.79 Å². The molecule has 0 atom stereocenters. The van der Waals surface area contributed by atoms with Crippen molar-refractivity contribution in [2.75, 3.05) is 31.6 Å². The Hall–Kier alpha value is -2.99. The molecule has 2 aliphatic rings. The second kappa shape index (κ2) is 9.87. The monoisotopic (exact) mass is 446 g/mol. The van der Waals surface area contributed by atoms with E-state index in [9.17, 15) is 4.79 Å². The van der Waals surface area contributed by atoms with Crippen LogP contribution >= 0.6 is 0 Å². The molecule has 33 heavy (non-hydrogen) atoms. The first-order valence-electron chi connectivity index (χ1n) is 12.3. The number of likely N-dealkylation sites (N-methyl/N-ethyl adjacent to an activating group) is 1. The highest BCUT2D eigenvalue weighted by Crippen LogP contribution is 2.27. The van der Waals surface area contributed by atoms with E-state index in [1.165, 1.54) is 25.7 Å². The van der Waals surface area contributed by atoms with Crippen LogP contribution in [0.25, 0.3) is 11.4 Å². The summed E-state index contributed by atoms with van der Waals surface area (Å²) in [6.07, 6.45) is 11.5. The summed E-state index contributed by atoms with van der Waals surface area (Å²) in [4.78, 5) is 15.3. The Kier molecular flexibility index (Phi) is 6.53. The lowest BCUT2D eigenvalue weighted by Gasteiger charge is -2.20. The van der Waals surface area contributed by atoms with E-state index in [2.05, 4.69) is 29.4 Å². The number of benzene rings is 2. The van der Waals surface area contributed by atoms with Crippen LogP contribution in [-0.2, 0) is 0 Å². The van der Waals surface area contributed by atoms with E-state index in [-0.39, 0.29) is 5.69 Å². The predicted octanol–water partition coefficient (Wildman–Crippen LogP) is 4.39. The highest BCUT2D eigenvalue weighted by atomic mass is 16.5. The van der Waals surface area contributed by atoms with Crippen LogP contribution in [0.2, 0.25) is 0 Å². The number of aromatic nitrogens is 2. The topological polar surface area (TPSA) is 51.4 Å². The van der Waals surface area contributed by atoms with Crippen molar-refractivity contribution in [2.45, 2.75) is 44.6 Å². The van der Waals surface area contributed by atoms with Crippen molar-refractivity contribution < 1.29 is 4.74 Å². The first-order valence-corrected chi connectivity index (χ1v) is 12.3. The summed E-state index contributed by atoms with van der Waals surface area (Å²) >= 11 is 0. The maximum absolute atomic E-state index is 13.1. The average molecular weight is 447 g/mol. The number of hydrogen-bond acceptors (Lipinski definition) is 4. The van der Waals surface area contributed by atoms with E-state index in [0.29, 0.717) is 6.10 Å². The molecule has 1 heterocycles. The molecule has 1 aromatic heterocycles. The molecule has 0 amide bonds. The van der Waals surface area contributed by atoms with Gasteiger partial charge in [-0.3, -0.25) is 9.13 Å². The van der Waals surface area contributed by atoms with Gasteiger partial charge in [0.25, 0.3) is 0 Å². The number of imidazole rings is 1. The summed E-state index contributed by atoms with van der Waals surface area (Å²) in [6.45, 7) is 3.09. The number of hydrogen-bond donors (Lipinski definition) is 1. The van der Waals surface area contributed by atoms with E-state index in [4.69, 9.17) is 4.74 Å². The first-order chi connectivity index (χ1) is 16.2. The van der Waals surface area contributed by atoms with E-state index in [1.807, 2.05) is 48.8 Å². The summed E-state index contributed by atoms with van der Waals surface area (Å²) in [5.41, 5.74) is 2.78. The molecule has 3 aromatic rings. The standard InChI is InChI=1S/C27H34N4O2/c1-29(17-16-28-20-21-6-7-21)22-8-10-23(11-9-22)30-18-19-31(27(30)32)24-12-14-26(15-13-24)33-25-4-2-3-5-25/h8-15,18-19,21,25,28H,2-7,16-17,20H2,1H3. The third-order valence-electron chi connectivity index (χ3n) is 6.82. The van der Waals surface area contributed by atoms with Crippen molar-refractivity contribution in [3.63, 3.8) is 0 Å². The van der Waals surface area contributed by atoms with Crippen molar-refractivity contribution in [3.8, 4) is 17.1 Å². The number of rotatable bonds is 10. The third-order valence-corrected chi connectivity index (χ3v) is 6.82. The smallest absolute Gasteiger partial charge is 0.337 e. The summed E-state index contributed by atoms with van der Waals surface area (Å²) in [5.74, 6) is 1.78. The van der Waals surface area contributed by atoms with Gasteiger partial charge in [0.05, 0.1) is 17.5 Å². The van der Waals surface area contributed by atoms with Crippen LogP contribution in [0.15, 0.2) is 65.7 Å². The Morgan fingerprint density at radius 2 is 1.52 bits per heavy atom. The van der Waals surface area contributed by atoms with Gasteiger partial charge >= 0.3 is 5.69 Å². The maximum atomic E-state index is 13.1. The Morgan fingerprint density at radius 1 is 0.909 bits per heavy atom. The Bertz CT molecular complexity index is 1090. The van der Waals surface area contributed by atoms with E-state index < -0.39 is 0 Å². The van der Waals surface area contributed by atoms with Gasteiger partial charge in [0.1, 0.15) is 5.75 Å². The molecule has 0 aliphatic heterocycles. The fourth-order valence-electron chi connectivity index (χ4n) is 4.53. The molecule has 2 fully saturated rings. The van der Waals surface area contributed by atoms with Gasteiger partial charge in [0.15, 0.2) is 0 Å². The van der Waals surface area contributed by atoms with Crippen molar-refractivity contribution in [1.29, 1.82) is 0 Å². The lowest BCUT2D eigenvalue weighted by molar-refractivity contribution is 0.210. The predicted molar refractivity (Wildman–Crippen MR) is 133 cm³/mol. The lowest BCUT2D eigenvalue weighted by atomic mass is 10.2. The van der Waals surface area contributed by atoms with Crippen LogP contribution in [-0.4, -0.2) is 41.9 Å². The minimum atomic E-state index is -0.0789. The molecule has 0 bridgehead atoms. The van der Waals surface area contributed by atoms with Crippen LogP contribution in [0.5, 0.6) is 5.75 Å². The molecule has 2 aromatic carbocycles. The summed E-state index contributed by atoms with van der Waals surface area (Å²) in [5, 5.41) is 3.53. The summed E-state index contributed by atoms with van der Waals surface area (Å²) < 4.78 is 9.40. The first kappa shape index (κ1) is 21.8. The highest BCUT2D eigenvalue weighted by molar-refractivity contribution is 5.50. The molecule has 2 saturated carbocycles. The molecule has 2 aliphatic carbocycles. The van der Waals surface area contributed by atoms with Gasteiger partial charge in [-0.15, -0.1) is 0 Å². The Balaban J connectivity index is 1.22. The van der Waals surface area contributed by atoms with Gasteiger partial charge in [-0.05, 0) is 99.5 Å². The molecule has 6 heteroatoms. The minimum absolute atomic E-state index is 0.0789. The Labute approximate surface area is 195 Å². The van der Waals surface area contributed by atoms with Crippen LogP contribution in [0.1, 0.15) is 38.5 Å². The quantitative estimate of drug-likeness (QED) is 0.470. The van der Waals surface area contributed by atoms with E-state index in [0.717, 1.165) is 61.2 Å². The number of ether oxygens (including phenoxy) is 1. The number of anilines is 1. The molecule has 174 valence electrons. The zero-order valence-electron chi connectivity index (χ0n) is 19.5. The second-order valence-electron chi connectivity index (χ2n) is 9.42. The molecule has 5 rings (SSSR count). The van der Waals surface area contributed by atoms with Crippen molar-refractivity contribution in [2.24, 2.45) is 5.92 Å². The molecule has 1 N–H and O–H groups in total. The largest absolute Gasteiger partial charge is 0.490 e. The van der Waals surface area contributed by atoms with Gasteiger partial charge in [0, 0.05) is 38.2 Å². The SMILES string of the molecule is CN(CCNCC1CC1)c1ccc(-n2ccn(-c3ccc(OC4CCCC4)cc3)c2=O)cc1. The van der Waals surface area contributed by atoms with Crippen molar-refractivity contribution >= 4 is 5.69 Å². The third kappa shape index (κ3) is 5.33. The van der Waals surface area contributed by atoms with Crippen molar-refractivity contribution in [3.05, 3.63) is 71.4 Å². The van der Waals surface area contributed by atoms with Gasteiger partial charge in [-0.2, -0.15) is 0 Å². The molecular formula is C27H34N4O2. The lowest BCUT2D eigenvalue weighted by Crippen LogP contribution is -2.30. The van der Waals surface area contributed by atoms with Crippen molar-refractivity contribution in [1.82, 2.24) is 14.5 Å². The molecule has 0 saturated heterocycles. The molecule has 6 nitrogen and oxygen atoms in total. The minimum Gasteiger partial charge on any atom is -0.490 e. The fourth-order valence-corrected chi connectivity index (χ4v) is 4.53. The fraction of sp³-hybridized carbons (Fsp3) is 0.444. The van der Waals surface area contributed by atoms with Gasteiger partial charge < -0.3 is 15.0 Å². The average Bonchev–Trinajstić information content (AvgIpc) is 3.38. The van der Waals surface area contributed by atoms with E-state index in [1.54, 1.807) is 9.13 Å². The van der Waals surface area contributed by atoms with Crippen LogP contribution in [0, 0.1) is 5.92 Å². The van der Waals surface area contributed by atoms with E-state index >= 15 is 0 Å². The number of nitrogens with one attached hydrogen (secondary N) is 1. The van der Waals surface area contributed by atoms with Crippen LogP contribution < -0.4 is 20.6 Å². The normalized spacial score (nSPS) is 16.3. The Morgan fingerprint density at radius 3 is 2.12 bits per heavy atom. The molecule has 0 radical (unpaired) electrons. The summed E-state index contributed by atoms with van der Waals surface area (Å²) in [6, 6.07) is 16.0. The van der Waals surface area contributed by atoms with Gasteiger partial charge in [0.2, 0.25) is 0 Å². The molecule has 0 spiro atoms. The van der Waals surface area contributed by atoms with Crippen LogP contribution in [0.3, 0.4) is 0 Å². The molecule has 0 unspecified atom stereocenters. The maximum Gasteiger partial charge on any atom is 0.337 e. The van der Waals surface area contributed by atoms with Crippen LogP contribution in [0.4, 0.5) is 5.69 Å². The second-order valence-corrected chi connectivity index (χ2v) is 9.42. The van der Waals surface area contributed by atoms with Gasteiger partial charge in [-0.1, -0.05) is 0 Å². The zero-order valence-corrected chi connectivity index (χ0v) is 19.5.